The van der Waals surface area contributed by atoms with Crippen molar-refractivity contribution in [1.29, 1.82) is 0 Å². The van der Waals surface area contributed by atoms with Crippen LogP contribution >= 0.6 is 0 Å². The maximum atomic E-state index is 14.0. The van der Waals surface area contributed by atoms with Crippen molar-refractivity contribution in [2.75, 3.05) is 13.2 Å². The number of aryl methyl sites for hydroxylation is 2. The normalized spacial score (nSPS) is 15.2. The zero-order chi connectivity index (χ0) is 22.9. The number of hydrogen-bond donors (Lipinski definition) is 2. The fraction of sp³-hybridized carbons (Fsp3) is 0.280. The first-order valence-electron chi connectivity index (χ1n) is 10.2. The summed E-state index contributed by atoms with van der Waals surface area (Å²) in [6.07, 6.45) is 0. The molecule has 2 N–H and O–H groups in total. The topological polar surface area (TPSA) is 76.4 Å². The van der Waals surface area contributed by atoms with Crippen LogP contribution < -0.4 is 5.32 Å². The Kier molecular flexibility index (Phi) is 5.72. The average molecular weight is 433 g/mol. The van der Waals surface area contributed by atoms with Gasteiger partial charge in [-0.1, -0.05) is 35.7 Å². The van der Waals surface area contributed by atoms with E-state index in [1.165, 1.54) is 18.2 Å². The molecule has 6 nitrogen and oxygen atoms in total. The van der Waals surface area contributed by atoms with Crippen molar-refractivity contribution >= 4 is 5.91 Å². The lowest BCUT2D eigenvalue weighted by Crippen LogP contribution is -2.38. The number of aromatic hydroxyl groups is 1. The molecule has 1 saturated heterocycles. The Hall–Kier alpha value is -3.63. The summed E-state index contributed by atoms with van der Waals surface area (Å²) in [6, 6.07) is 12.0. The minimum Gasteiger partial charge on any atom is -0.508 e. The lowest BCUT2D eigenvalue weighted by Gasteiger charge is -2.32. The molecule has 0 bridgehead atoms. The van der Waals surface area contributed by atoms with Crippen molar-refractivity contribution in [2.24, 2.45) is 12.5 Å². The van der Waals surface area contributed by atoms with Gasteiger partial charge in [0.05, 0.1) is 24.7 Å². The molecule has 1 fully saturated rings. The molecule has 164 valence electrons. The number of benzene rings is 2. The minimum absolute atomic E-state index is 0.110. The van der Waals surface area contributed by atoms with E-state index in [1.54, 1.807) is 17.8 Å². The number of phenolic OH excluding ortho intramolecular Hbond substituents is 1. The second-order valence-corrected chi connectivity index (χ2v) is 8.36. The molecule has 2 aromatic carbocycles. The fourth-order valence-corrected chi connectivity index (χ4v) is 3.45. The summed E-state index contributed by atoms with van der Waals surface area (Å²) in [4.78, 5) is 13.1. The lowest BCUT2D eigenvalue weighted by atomic mass is 9.89. The van der Waals surface area contributed by atoms with Gasteiger partial charge in [-0.05, 0) is 43.5 Å². The summed E-state index contributed by atoms with van der Waals surface area (Å²) < 4.78 is 20.7. The monoisotopic (exact) mass is 433 g/mol. The van der Waals surface area contributed by atoms with Gasteiger partial charge >= 0.3 is 0 Å². The second kappa shape index (κ2) is 8.48. The van der Waals surface area contributed by atoms with Crippen molar-refractivity contribution < 1.29 is 19.0 Å². The van der Waals surface area contributed by atoms with Gasteiger partial charge in [0.25, 0.3) is 5.91 Å². The lowest BCUT2D eigenvalue weighted by molar-refractivity contribution is -0.0648. The standard InChI is InChI=1S/C25H24FN3O3/c1-16-4-6-17(7-5-16)23(20-12-18(26)8-9-22(20)30)27-24(31)21-13-19(29(3)28-21)10-11-25(2)14-32-15-25/h4-9,12-13,23,30H,14-15H2,1-3H3,(H,27,31). The maximum absolute atomic E-state index is 14.0. The Labute approximate surface area is 186 Å². The number of halogens is 1. The highest BCUT2D eigenvalue weighted by Gasteiger charge is 2.31. The van der Waals surface area contributed by atoms with E-state index in [9.17, 15) is 14.3 Å². The van der Waals surface area contributed by atoms with Crippen molar-refractivity contribution in [1.82, 2.24) is 15.1 Å². The molecule has 1 aliphatic heterocycles. The molecule has 7 heteroatoms. The molecule has 3 aromatic rings. The van der Waals surface area contributed by atoms with Gasteiger partial charge < -0.3 is 15.2 Å². The summed E-state index contributed by atoms with van der Waals surface area (Å²) in [5.74, 6) is 5.17. The molecule has 32 heavy (non-hydrogen) atoms. The Morgan fingerprint density at radius 1 is 1.25 bits per heavy atom. The van der Waals surface area contributed by atoms with Gasteiger partial charge in [0.1, 0.15) is 17.3 Å². The van der Waals surface area contributed by atoms with E-state index in [0.717, 1.165) is 5.56 Å². The molecular formula is C25H24FN3O3. The second-order valence-electron chi connectivity index (χ2n) is 8.36. The van der Waals surface area contributed by atoms with Gasteiger partial charge in [-0.3, -0.25) is 9.48 Å². The maximum Gasteiger partial charge on any atom is 0.272 e. The largest absolute Gasteiger partial charge is 0.508 e. The number of hydrogen-bond acceptors (Lipinski definition) is 4. The van der Waals surface area contributed by atoms with Crippen LogP contribution in [0.4, 0.5) is 4.39 Å². The SMILES string of the molecule is Cc1ccc(C(NC(=O)c2cc(C#CC3(C)COC3)n(C)n2)c2cc(F)ccc2O)cc1. The van der Waals surface area contributed by atoms with Crippen LogP contribution in [-0.2, 0) is 11.8 Å². The van der Waals surface area contributed by atoms with E-state index in [0.29, 0.717) is 24.5 Å². The Morgan fingerprint density at radius 2 is 1.97 bits per heavy atom. The van der Waals surface area contributed by atoms with E-state index >= 15 is 0 Å². The van der Waals surface area contributed by atoms with Crippen molar-refractivity contribution in [3.8, 4) is 17.6 Å². The molecule has 0 radical (unpaired) electrons. The molecule has 1 atom stereocenters. The summed E-state index contributed by atoms with van der Waals surface area (Å²) >= 11 is 0. The van der Waals surface area contributed by atoms with Crippen LogP contribution in [0.25, 0.3) is 0 Å². The number of carbonyl (C=O) groups is 1. The molecule has 0 aliphatic carbocycles. The smallest absolute Gasteiger partial charge is 0.272 e. The number of nitrogens with zero attached hydrogens (tertiary/aromatic N) is 2. The Morgan fingerprint density at radius 3 is 2.62 bits per heavy atom. The molecule has 1 unspecified atom stereocenters. The first kappa shape index (κ1) is 21.6. The average Bonchev–Trinajstić information content (AvgIpc) is 3.12. The van der Waals surface area contributed by atoms with E-state index in [2.05, 4.69) is 22.3 Å². The summed E-state index contributed by atoms with van der Waals surface area (Å²) in [6.45, 7) is 5.13. The molecule has 0 spiro atoms. The van der Waals surface area contributed by atoms with E-state index in [4.69, 9.17) is 4.74 Å². The molecule has 1 amide bonds. The first-order valence-corrected chi connectivity index (χ1v) is 10.2. The van der Waals surface area contributed by atoms with Crippen molar-refractivity contribution in [2.45, 2.75) is 19.9 Å². The molecule has 4 rings (SSSR count). The number of nitrogens with one attached hydrogen (secondary N) is 1. The minimum atomic E-state index is -0.763. The molecule has 0 saturated carbocycles. The summed E-state index contributed by atoms with van der Waals surface area (Å²) in [5, 5.41) is 17.5. The Bertz CT molecular complexity index is 1220. The third-order valence-corrected chi connectivity index (χ3v) is 5.43. The van der Waals surface area contributed by atoms with Crippen LogP contribution in [0, 0.1) is 30.0 Å². The summed E-state index contributed by atoms with van der Waals surface area (Å²) in [7, 11) is 1.72. The highest BCUT2D eigenvalue weighted by atomic mass is 19.1. The van der Waals surface area contributed by atoms with Crippen LogP contribution in [0.2, 0.25) is 0 Å². The molecule has 1 aliphatic rings. The predicted octanol–water partition coefficient (Wildman–Crippen LogP) is 3.48. The quantitative estimate of drug-likeness (QED) is 0.618. The van der Waals surface area contributed by atoms with E-state index in [1.807, 2.05) is 38.1 Å². The van der Waals surface area contributed by atoms with Crippen LogP contribution in [0.1, 0.15) is 45.8 Å². The third kappa shape index (κ3) is 4.51. The molecule has 2 heterocycles. The molecular weight excluding hydrogens is 409 g/mol. The predicted molar refractivity (Wildman–Crippen MR) is 118 cm³/mol. The molecule has 1 aromatic heterocycles. The zero-order valence-corrected chi connectivity index (χ0v) is 18.1. The highest BCUT2D eigenvalue weighted by molar-refractivity contribution is 5.93. The fourth-order valence-electron chi connectivity index (χ4n) is 3.45. The Balaban J connectivity index is 1.64. The van der Waals surface area contributed by atoms with Crippen molar-refractivity contribution in [3.63, 3.8) is 0 Å². The van der Waals surface area contributed by atoms with E-state index in [-0.39, 0.29) is 22.4 Å². The third-order valence-electron chi connectivity index (χ3n) is 5.43. The van der Waals surface area contributed by atoms with Crippen LogP contribution in [0.3, 0.4) is 0 Å². The van der Waals surface area contributed by atoms with Crippen molar-refractivity contribution in [3.05, 3.63) is 82.4 Å². The van der Waals surface area contributed by atoms with Gasteiger partial charge in [0, 0.05) is 18.7 Å². The number of ether oxygens (including phenoxy) is 1. The van der Waals surface area contributed by atoms with Gasteiger partial charge in [0.2, 0.25) is 0 Å². The number of phenols is 1. The highest BCUT2D eigenvalue weighted by Crippen LogP contribution is 2.31. The van der Waals surface area contributed by atoms with Gasteiger partial charge in [-0.25, -0.2) is 4.39 Å². The number of carbonyl (C=O) groups excluding carboxylic acids is 1. The van der Waals surface area contributed by atoms with Gasteiger partial charge in [-0.2, -0.15) is 5.10 Å². The number of amides is 1. The van der Waals surface area contributed by atoms with E-state index < -0.39 is 17.8 Å². The van der Waals surface area contributed by atoms with Crippen LogP contribution in [0.15, 0.2) is 48.5 Å². The van der Waals surface area contributed by atoms with Crippen LogP contribution in [-0.4, -0.2) is 34.0 Å². The zero-order valence-electron chi connectivity index (χ0n) is 18.1. The summed E-state index contributed by atoms with van der Waals surface area (Å²) in [5.41, 5.74) is 2.61. The number of rotatable bonds is 4. The van der Waals surface area contributed by atoms with Gasteiger partial charge in [0.15, 0.2) is 5.69 Å². The first-order chi connectivity index (χ1) is 15.2. The number of aromatic nitrogens is 2. The van der Waals surface area contributed by atoms with Crippen LogP contribution in [0.5, 0.6) is 5.75 Å². The van der Waals surface area contributed by atoms with Gasteiger partial charge in [-0.15, -0.1) is 0 Å².